The van der Waals surface area contributed by atoms with Crippen LogP contribution in [0.25, 0.3) is 10.7 Å². The minimum absolute atomic E-state index is 0.422. The molecule has 0 radical (unpaired) electrons. The van der Waals surface area contributed by atoms with Gasteiger partial charge in [-0.1, -0.05) is 6.07 Å². The number of hydrogen-bond donors (Lipinski definition) is 2. The summed E-state index contributed by atoms with van der Waals surface area (Å²) in [5, 5.41) is 18.5. The summed E-state index contributed by atoms with van der Waals surface area (Å²) in [4.78, 5) is 8.57. The van der Waals surface area contributed by atoms with Crippen LogP contribution in [-0.2, 0) is 0 Å². The number of aromatic nitrogens is 2. The first-order chi connectivity index (χ1) is 6.77. The molecule has 2 rings (SSSR count). The van der Waals surface area contributed by atoms with Crippen LogP contribution in [0.15, 0.2) is 30.6 Å². The van der Waals surface area contributed by atoms with Crippen LogP contribution < -0.4 is 0 Å². The Morgan fingerprint density at radius 2 is 2.07 bits per heavy atom. The summed E-state index contributed by atoms with van der Waals surface area (Å²) in [7, 11) is 0. The highest BCUT2D eigenvalue weighted by Gasteiger charge is 2.09. The van der Waals surface area contributed by atoms with E-state index >= 15 is 0 Å². The molecule has 0 aromatic carbocycles. The molecule has 0 bridgehead atoms. The molecule has 0 unspecified atom stereocenters. The van der Waals surface area contributed by atoms with Crippen LogP contribution in [0.1, 0.15) is 11.2 Å². The molecule has 0 amide bonds. The molecule has 0 atom stereocenters. The number of aliphatic hydroxyl groups is 2. The summed E-state index contributed by atoms with van der Waals surface area (Å²) in [6.45, 7) is 0. The molecule has 0 spiro atoms. The van der Waals surface area contributed by atoms with Crippen molar-refractivity contribution in [3.8, 4) is 10.7 Å². The number of nitrogens with zero attached hydrogens (tertiary/aromatic N) is 2. The van der Waals surface area contributed by atoms with Gasteiger partial charge >= 0.3 is 0 Å². The minimum atomic E-state index is -1.45. The number of thiazole rings is 1. The van der Waals surface area contributed by atoms with Crippen LogP contribution in [0.4, 0.5) is 0 Å². The van der Waals surface area contributed by atoms with E-state index in [1.54, 1.807) is 6.20 Å². The maximum Gasteiger partial charge on any atom is 0.189 e. The van der Waals surface area contributed by atoms with Crippen LogP contribution in [-0.4, -0.2) is 20.2 Å². The molecular weight excluding hydrogens is 200 g/mol. The van der Waals surface area contributed by atoms with Crippen molar-refractivity contribution < 1.29 is 10.2 Å². The third kappa shape index (κ3) is 1.79. The molecule has 0 aliphatic heterocycles. The maximum absolute atomic E-state index is 8.89. The number of pyridine rings is 1. The lowest BCUT2D eigenvalue weighted by Gasteiger charge is -1.95. The molecule has 2 aromatic heterocycles. The van der Waals surface area contributed by atoms with Crippen LogP contribution in [0.2, 0.25) is 0 Å². The lowest BCUT2D eigenvalue weighted by atomic mass is 10.4. The van der Waals surface area contributed by atoms with Gasteiger partial charge in [-0.3, -0.25) is 4.98 Å². The summed E-state index contributed by atoms with van der Waals surface area (Å²) in [5.41, 5.74) is 0.740. The standard InChI is InChI=1S/C9H8N2O2S/c12-9(13)7-5-11-8(14-7)6-3-1-2-4-10-6/h1-5,9,12-13H. The van der Waals surface area contributed by atoms with Gasteiger partial charge < -0.3 is 10.2 Å². The predicted molar refractivity (Wildman–Crippen MR) is 52.5 cm³/mol. The van der Waals surface area contributed by atoms with E-state index < -0.39 is 6.29 Å². The second kappa shape index (κ2) is 3.83. The van der Waals surface area contributed by atoms with Crippen molar-refractivity contribution in [2.75, 3.05) is 0 Å². The van der Waals surface area contributed by atoms with Crippen molar-refractivity contribution >= 4 is 11.3 Å². The first-order valence-corrected chi connectivity index (χ1v) is 4.82. The molecule has 2 N–H and O–H groups in total. The zero-order valence-electron chi connectivity index (χ0n) is 7.16. The van der Waals surface area contributed by atoms with Crippen molar-refractivity contribution in [1.29, 1.82) is 0 Å². The van der Waals surface area contributed by atoms with Crippen molar-refractivity contribution in [1.82, 2.24) is 9.97 Å². The second-order valence-corrected chi connectivity index (χ2v) is 3.72. The molecule has 0 aliphatic carbocycles. The summed E-state index contributed by atoms with van der Waals surface area (Å²) < 4.78 is 0. The molecule has 0 saturated heterocycles. The van der Waals surface area contributed by atoms with E-state index in [2.05, 4.69) is 9.97 Å². The summed E-state index contributed by atoms with van der Waals surface area (Å²) in [6.07, 6.45) is 1.66. The highest BCUT2D eigenvalue weighted by molar-refractivity contribution is 7.15. The average Bonchev–Trinajstić information content (AvgIpc) is 2.68. The Bertz CT molecular complexity index is 414. The lowest BCUT2D eigenvalue weighted by molar-refractivity contribution is -0.0396. The number of aliphatic hydroxyl groups excluding tert-OH is 1. The quantitative estimate of drug-likeness (QED) is 0.727. The van der Waals surface area contributed by atoms with Gasteiger partial charge in [0, 0.05) is 12.4 Å². The summed E-state index contributed by atoms with van der Waals surface area (Å²) in [6, 6.07) is 5.50. The van der Waals surface area contributed by atoms with Gasteiger partial charge in [0.2, 0.25) is 0 Å². The van der Waals surface area contributed by atoms with Crippen molar-refractivity contribution in [2.45, 2.75) is 6.29 Å². The fourth-order valence-electron chi connectivity index (χ4n) is 1.01. The molecule has 0 saturated carbocycles. The van der Waals surface area contributed by atoms with Gasteiger partial charge in [0.15, 0.2) is 6.29 Å². The largest absolute Gasteiger partial charge is 0.364 e. The van der Waals surface area contributed by atoms with Crippen LogP contribution in [0.5, 0.6) is 0 Å². The lowest BCUT2D eigenvalue weighted by Crippen LogP contribution is -1.88. The molecule has 72 valence electrons. The van der Waals surface area contributed by atoms with Gasteiger partial charge in [-0.15, -0.1) is 11.3 Å². The maximum atomic E-state index is 8.89. The Balaban J connectivity index is 2.34. The van der Waals surface area contributed by atoms with Gasteiger partial charge in [-0.2, -0.15) is 0 Å². The normalized spacial score (nSPS) is 10.8. The Hall–Kier alpha value is -1.30. The molecule has 2 heterocycles. The molecule has 5 heteroatoms. The number of rotatable bonds is 2. The average molecular weight is 208 g/mol. The Morgan fingerprint density at radius 3 is 2.64 bits per heavy atom. The Morgan fingerprint density at radius 1 is 1.21 bits per heavy atom. The molecule has 0 fully saturated rings. The van der Waals surface area contributed by atoms with Gasteiger partial charge in [0.05, 0.1) is 10.6 Å². The van der Waals surface area contributed by atoms with Crippen molar-refractivity contribution in [2.24, 2.45) is 0 Å². The number of hydrogen-bond acceptors (Lipinski definition) is 5. The molecule has 0 aliphatic rings. The van der Waals surface area contributed by atoms with E-state index in [1.165, 1.54) is 17.5 Å². The van der Waals surface area contributed by atoms with E-state index in [9.17, 15) is 0 Å². The van der Waals surface area contributed by atoms with Crippen LogP contribution in [0, 0.1) is 0 Å². The van der Waals surface area contributed by atoms with Gasteiger partial charge in [0.1, 0.15) is 5.01 Å². The van der Waals surface area contributed by atoms with E-state index in [0.717, 1.165) is 5.69 Å². The van der Waals surface area contributed by atoms with Crippen molar-refractivity contribution in [3.63, 3.8) is 0 Å². The third-order valence-electron chi connectivity index (χ3n) is 1.66. The third-order valence-corrected chi connectivity index (χ3v) is 2.72. The first kappa shape index (κ1) is 9.26. The highest BCUT2D eigenvalue weighted by atomic mass is 32.1. The Labute approximate surface area is 84.5 Å². The minimum Gasteiger partial charge on any atom is -0.364 e. The first-order valence-electron chi connectivity index (χ1n) is 4.00. The molecule has 4 nitrogen and oxygen atoms in total. The zero-order chi connectivity index (χ0) is 9.97. The van der Waals surface area contributed by atoms with E-state index in [0.29, 0.717) is 9.88 Å². The van der Waals surface area contributed by atoms with Gasteiger partial charge in [0.25, 0.3) is 0 Å². The van der Waals surface area contributed by atoms with Crippen molar-refractivity contribution in [3.05, 3.63) is 35.5 Å². The summed E-state index contributed by atoms with van der Waals surface area (Å²) >= 11 is 1.22. The molecule has 14 heavy (non-hydrogen) atoms. The summed E-state index contributed by atoms with van der Waals surface area (Å²) in [5.74, 6) is 0. The van der Waals surface area contributed by atoms with Crippen LogP contribution in [0.3, 0.4) is 0 Å². The SMILES string of the molecule is OC(O)c1cnc(-c2ccccn2)s1. The van der Waals surface area contributed by atoms with E-state index in [4.69, 9.17) is 10.2 Å². The topological polar surface area (TPSA) is 66.2 Å². The monoisotopic (exact) mass is 208 g/mol. The van der Waals surface area contributed by atoms with Crippen LogP contribution >= 0.6 is 11.3 Å². The molecular formula is C9H8N2O2S. The predicted octanol–water partition coefficient (Wildman–Crippen LogP) is 1.19. The van der Waals surface area contributed by atoms with Gasteiger partial charge in [-0.05, 0) is 12.1 Å². The fourth-order valence-corrected chi connectivity index (χ4v) is 1.78. The van der Waals surface area contributed by atoms with Gasteiger partial charge in [-0.25, -0.2) is 4.98 Å². The smallest absolute Gasteiger partial charge is 0.189 e. The Kier molecular flexibility index (Phi) is 2.53. The fraction of sp³-hybridized carbons (Fsp3) is 0.111. The second-order valence-electron chi connectivity index (χ2n) is 2.66. The molecule has 2 aromatic rings. The van der Waals surface area contributed by atoms with E-state index in [1.807, 2.05) is 18.2 Å². The highest BCUT2D eigenvalue weighted by Crippen LogP contribution is 2.25. The van der Waals surface area contributed by atoms with E-state index in [-0.39, 0.29) is 0 Å². The zero-order valence-corrected chi connectivity index (χ0v) is 7.98.